The number of rotatable bonds is 1. The second kappa shape index (κ2) is 2.31. The van der Waals surface area contributed by atoms with Crippen LogP contribution >= 0.6 is 0 Å². The third-order valence-corrected chi connectivity index (χ3v) is 2.29. The normalized spacial score (nSPS) is 20.7. The van der Waals surface area contributed by atoms with Crippen LogP contribution in [-0.4, -0.2) is 7.05 Å². The van der Waals surface area contributed by atoms with Gasteiger partial charge in [0, 0.05) is 6.04 Å². The number of fused-ring (bicyclic) bond motifs is 1. The number of nitrogens with one attached hydrogen (secondary N) is 1. The van der Waals surface area contributed by atoms with Crippen LogP contribution in [0.5, 0.6) is 0 Å². The van der Waals surface area contributed by atoms with Crippen LogP contribution in [-0.2, 0) is 6.42 Å². The molecule has 0 amide bonds. The van der Waals surface area contributed by atoms with Gasteiger partial charge in [-0.15, -0.1) is 0 Å². The Balaban J connectivity index is 2.41. The highest BCUT2D eigenvalue weighted by molar-refractivity contribution is 5.40. The SMILES string of the molecule is CNC1Cc2c(F)cccc21. The number of hydrogen-bond acceptors (Lipinski definition) is 1. The highest BCUT2D eigenvalue weighted by Crippen LogP contribution is 2.33. The van der Waals surface area contributed by atoms with Gasteiger partial charge in [0.25, 0.3) is 0 Å². The maximum absolute atomic E-state index is 12.9. The van der Waals surface area contributed by atoms with Crippen LogP contribution in [0.4, 0.5) is 4.39 Å². The molecular weight excluding hydrogens is 141 g/mol. The molecule has 0 saturated carbocycles. The van der Waals surface area contributed by atoms with E-state index in [1.807, 2.05) is 13.1 Å². The highest BCUT2D eigenvalue weighted by Gasteiger charge is 2.26. The zero-order valence-corrected chi connectivity index (χ0v) is 6.39. The van der Waals surface area contributed by atoms with E-state index in [0.717, 1.165) is 17.5 Å². The molecular formula is C9H10FN. The van der Waals surface area contributed by atoms with Crippen LogP contribution in [0.3, 0.4) is 0 Å². The summed E-state index contributed by atoms with van der Waals surface area (Å²) in [5.41, 5.74) is 2.00. The summed E-state index contributed by atoms with van der Waals surface area (Å²) in [4.78, 5) is 0. The molecule has 1 aliphatic carbocycles. The van der Waals surface area contributed by atoms with E-state index >= 15 is 0 Å². The molecule has 11 heavy (non-hydrogen) atoms. The van der Waals surface area contributed by atoms with Crippen molar-refractivity contribution in [3.63, 3.8) is 0 Å². The van der Waals surface area contributed by atoms with Crippen molar-refractivity contribution in [2.45, 2.75) is 12.5 Å². The van der Waals surface area contributed by atoms with E-state index in [-0.39, 0.29) is 5.82 Å². The van der Waals surface area contributed by atoms with Crippen LogP contribution in [0.15, 0.2) is 18.2 Å². The van der Waals surface area contributed by atoms with Crippen LogP contribution in [0.25, 0.3) is 0 Å². The lowest BCUT2D eigenvalue weighted by molar-refractivity contribution is 0.491. The number of halogens is 1. The molecule has 1 aromatic rings. The molecule has 0 radical (unpaired) electrons. The summed E-state index contributed by atoms with van der Waals surface area (Å²) < 4.78 is 12.9. The lowest BCUT2D eigenvalue weighted by Crippen LogP contribution is -2.29. The monoisotopic (exact) mass is 151 g/mol. The van der Waals surface area contributed by atoms with Crippen molar-refractivity contribution in [1.29, 1.82) is 0 Å². The predicted octanol–water partition coefficient (Wildman–Crippen LogP) is 1.64. The average molecular weight is 151 g/mol. The number of hydrogen-bond donors (Lipinski definition) is 1. The number of likely N-dealkylation sites (N-methyl/N-ethyl adjacent to an activating group) is 1. The van der Waals surface area contributed by atoms with Gasteiger partial charge in [0.05, 0.1) is 0 Å². The van der Waals surface area contributed by atoms with Crippen molar-refractivity contribution >= 4 is 0 Å². The molecule has 0 aliphatic heterocycles. The molecule has 1 aromatic carbocycles. The first kappa shape index (κ1) is 6.80. The van der Waals surface area contributed by atoms with Gasteiger partial charge in [0.15, 0.2) is 0 Å². The smallest absolute Gasteiger partial charge is 0.126 e. The third-order valence-electron chi connectivity index (χ3n) is 2.29. The minimum Gasteiger partial charge on any atom is -0.313 e. The van der Waals surface area contributed by atoms with E-state index in [1.54, 1.807) is 6.07 Å². The Morgan fingerprint density at radius 1 is 1.55 bits per heavy atom. The third kappa shape index (κ3) is 0.862. The van der Waals surface area contributed by atoms with Crippen molar-refractivity contribution in [3.8, 4) is 0 Å². The van der Waals surface area contributed by atoms with Gasteiger partial charge in [-0.25, -0.2) is 4.39 Å². The minimum absolute atomic E-state index is 0.0611. The van der Waals surface area contributed by atoms with E-state index < -0.39 is 0 Å². The van der Waals surface area contributed by atoms with Gasteiger partial charge in [0.1, 0.15) is 5.82 Å². The van der Waals surface area contributed by atoms with E-state index in [9.17, 15) is 4.39 Å². The van der Waals surface area contributed by atoms with Crippen molar-refractivity contribution in [2.24, 2.45) is 0 Å². The quantitative estimate of drug-likeness (QED) is 0.643. The van der Waals surface area contributed by atoms with Crippen molar-refractivity contribution in [1.82, 2.24) is 5.32 Å². The summed E-state index contributed by atoms with van der Waals surface area (Å²) in [6.45, 7) is 0. The van der Waals surface area contributed by atoms with Crippen molar-refractivity contribution < 1.29 is 4.39 Å². The largest absolute Gasteiger partial charge is 0.313 e. The van der Waals surface area contributed by atoms with Gasteiger partial charge in [-0.2, -0.15) is 0 Å². The lowest BCUT2D eigenvalue weighted by atomic mass is 9.83. The summed E-state index contributed by atoms with van der Waals surface area (Å²) >= 11 is 0. The average Bonchev–Trinajstić information content (AvgIpc) is 1.95. The van der Waals surface area contributed by atoms with E-state index in [0.29, 0.717) is 6.04 Å². The Morgan fingerprint density at radius 2 is 2.36 bits per heavy atom. The maximum atomic E-state index is 12.9. The van der Waals surface area contributed by atoms with Gasteiger partial charge in [-0.05, 0) is 30.7 Å². The first-order chi connectivity index (χ1) is 5.33. The zero-order valence-electron chi connectivity index (χ0n) is 6.39. The molecule has 0 saturated heterocycles. The fourth-order valence-corrected chi connectivity index (χ4v) is 1.56. The summed E-state index contributed by atoms with van der Waals surface area (Å²) in [6, 6.07) is 5.63. The van der Waals surface area contributed by atoms with E-state index in [2.05, 4.69) is 5.32 Å². The van der Waals surface area contributed by atoms with Gasteiger partial charge in [0.2, 0.25) is 0 Å². The lowest BCUT2D eigenvalue weighted by Gasteiger charge is -2.29. The van der Waals surface area contributed by atoms with Crippen molar-refractivity contribution in [3.05, 3.63) is 35.1 Å². The second-order valence-corrected chi connectivity index (χ2v) is 2.85. The summed E-state index contributed by atoms with van der Waals surface area (Å²) in [7, 11) is 1.90. The van der Waals surface area contributed by atoms with E-state index in [1.165, 1.54) is 6.07 Å². The zero-order chi connectivity index (χ0) is 7.84. The molecule has 1 nitrogen and oxygen atoms in total. The molecule has 1 unspecified atom stereocenters. The van der Waals surface area contributed by atoms with Crippen LogP contribution in [0.2, 0.25) is 0 Å². The first-order valence-electron chi connectivity index (χ1n) is 3.77. The molecule has 58 valence electrons. The highest BCUT2D eigenvalue weighted by atomic mass is 19.1. The fourth-order valence-electron chi connectivity index (χ4n) is 1.56. The fraction of sp³-hybridized carbons (Fsp3) is 0.333. The predicted molar refractivity (Wildman–Crippen MR) is 41.9 cm³/mol. The molecule has 0 aromatic heterocycles. The maximum Gasteiger partial charge on any atom is 0.126 e. The van der Waals surface area contributed by atoms with E-state index in [4.69, 9.17) is 0 Å². The van der Waals surface area contributed by atoms with Crippen LogP contribution in [0.1, 0.15) is 17.2 Å². The van der Waals surface area contributed by atoms with Gasteiger partial charge < -0.3 is 5.32 Å². The van der Waals surface area contributed by atoms with Gasteiger partial charge >= 0.3 is 0 Å². The molecule has 0 bridgehead atoms. The van der Waals surface area contributed by atoms with Crippen LogP contribution < -0.4 is 5.32 Å². The molecule has 0 heterocycles. The Labute approximate surface area is 65.2 Å². The molecule has 2 heteroatoms. The van der Waals surface area contributed by atoms with Gasteiger partial charge in [-0.3, -0.25) is 0 Å². The number of benzene rings is 1. The molecule has 0 spiro atoms. The molecule has 1 aliphatic rings. The Morgan fingerprint density at radius 3 is 3.09 bits per heavy atom. The summed E-state index contributed by atoms with van der Waals surface area (Å²) in [5.74, 6) is -0.0611. The first-order valence-corrected chi connectivity index (χ1v) is 3.77. The summed E-state index contributed by atoms with van der Waals surface area (Å²) in [6.07, 6.45) is 0.832. The molecule has 0 fully saturated rings. The van der Waals surface area contributed by atoms with Crippen LogP contribution in [0, 0.1) is 5.82 Å². The second-order valence-electron chi connectivity index (χ2n) is 2.85. The van der Waals surface area contributed by atoms with Gasteiger partial charge in [-0.1, -0.05) is 12.1 Å². The molecule has 1 N–H and O–H groups in total. The topological polar surface area (TPSA) is 12.0 Å². The molecule has 2 rings (SSSR count). The minimum atomic E-state index is -0.0611. The Kier molecular flexibility index (Phi) is 1.43. The standard InChI is InChI=1S/C9H10FN/c1-11-9-5-7-6(9)3-2-4-8(7)10/h2-4,9,11H,5H2,1H3. The molecule has 1 atom stereocenters. The Hall–Kier alpha value is -0.890. The van der Waals surface area contributed by atoms with Crippen molar-refractivity contribution in [2.75, 3.05) is 7.05 Å². The summed E-state index contributed by atoms with van der Waals surface area (Å²) in [5, 5.41) is 3.12. The Bertz CT molecular complexity index is 283.